The number of nitrogens with one attached hydrogen (secondary N) is 1. The molecule has 0 saturated heterocycles. The second-order valence-electron chi connectivity index (χ2n) is 5.34. The fourth-order valence-electron chi connectivity index (χ4n) is 2.89. The summed E-state index contributed by atoms with van der Waals surface area (Å²) in [7, 11) is 0. The lowest BCUT2D eigenvalue weighted by Crippen LogP contribution is -2.21. The van der Waals surface area contributed by atoms with Gasteiger partial charge in [0.1, 0.15) is 0 Å². The Hall–Kier alpha value is -1.35. The SMILES string of the molecule is CC1CC1(CO)c1ccc2c(c1)CCC(=O)N2. The Morgan fingerprint density at radius 2 is 2.24 bits per heavy atom. The molecule has 1 heterocycles. The van der Waals surface area contributed by atoms with E-state index in [1.165, 1.54) is 11.1 Å². The number of carbonyl (C=O) groups is 1. The number of rotatable bonds is 2. The zero-order valence-electron chi connectivity index (χ0n) is 9.99. The molecular weight excluding hydrogens is 214 g/mol. The summed E-state index contributed by atoms with van der Waals surface area (Å²) in [6.07, 6.45) is 2.44. The van der Waals surface area contributed by atoms with Crippen LogP contribution in [0.4, 0.5) is 5.69 Å². The molecule has 1 aliphatic carbocycles. The van der Waals surface area contributed by atoms with Crippen molar-refractivity contribution in [2.24, 2.45) is 5.92 Å². The molecule has 2 N–H and O–H groups in total. The van der Waals surface area contributed by atoms with E-state index in [9.17, 15) is 9.90 Å². The molecule has 3 nitrogen and oxygen atoms in total. The molecule has 0 aromatic heterocycles. The largest absolute Gasteiger partial charge is 0.395 e. The van der Waals surface area contributed by atoms with Gasteiger partial charge in [-0.25, -0.2) is 0 Å². The number of hydrogen-bond donors (Lipinski definition) is 2. The fourth-order valence-corrected chi connectivity index (χ4v) is 2.89. The van der Waals surface area contributed by atoms with E-state index in [2.05, 4.69) is 18.3 Å². The summed E-state index contributed by atoms with van der Waals surface area (Å²) in [5, 5.41) is 12.4. The van der Waals surface area contributed by atoms with E-state index in [-0.39, 0.29) is 17.9 Å². The first-order valence-electron chi connectivity index (χ1n) is 6.20. The van der Waals surface area contributed by atoms with Crippen LogP contribution < -0.4 is 5.32 Å². The van der Waals surface area contributed by atoms with Crippen LogP contribution in [0, 0.1) is 5.92 Å². The maximum absolute atomic E-state index is 11.3. The monoisotopic (exact) mass is 231 g/mol. The van der Waals surface area contributed by atoms with E-state index in [1.807, 2.05) is 12.1 Å². The molecule has 1 aromatic rings. The maximum atomic E-state index is 11.3. The van der Waals surface area contributed by atoms with E-state index in [1.54, 1.807) is 0 Å². The van der Waals surface area contributed by atoms with E-state index < -0.39 is 0 Å². The first-order chi connectivity index (χ1) is 8.15. The van der Waals surface area contributed by atoms with Crippen LogP contribution in [0.5, 0.6) is 0 Å². The highest BCUT2D eigenvalue weighted by Gasteiger charge is 2.51. The van der Waals surface area contributed by atoms with E-state index in [0.29, 0.717) is 12.3 Å². The molecule has 0 spiro atoms. The third-order valence-corrected chi connectivity index (χ3v) is 4.31. The van der Waals surface area contributed by atoms with Gasteiger partial charge in [0, 0.05) is 17.5 Å². The quantitative estimate of drug-likeness (QED) is 0.816. The average Bonchev–Trinajstić information content (AvgIpc) is 3.01. The van der Waals surface area contributed by atoms with E-state index in [4.69, 9.17) is 0 Å². The van der Waals surface area contributed by atoms with Gasteiger partial charge in [-0.3, -0.25) is 4.79 Å². The first-order valence-corrected chi connectivity index (χ1v) is 6.20. The molecule has 1 saturated carbocycles. The average molecular weight is 231 g/mol. The number of hydrogen-bond acceptors (Lipinski definition) is 2. The normalized spacial score (nSPS) is 30.7. The molecule has 2 atom stereocenters. The molecular formula is C14H17NO2. The van der Waals surface area contributed by atoms with Crippen molar-refractivity contribution < 1.29 is 9.90 Å². The van der Waals surface area contributed by atoms with E-state index >= 15 is 0 Å². The van der Waals surface area contributed by atoms with Crippen molar-refractivity contribution in [3.63, 3.8) is 0 Å². The van der Waals surface area contributed by atoms with Gasteiger partial charge in [-0.15, -0.1) is 0 Å². The minimum atomic E-state index is -0.0174. The summed E-state index contributed by atoms with van der Waals surface area (Å²) >= 11 is 0. The van der Waals surface area contributed by atoms with Crippen molar-refractivity contribution >= 4 is 11.6 Å². The zero-order valence-corrected chi connectivity index (χ0v) is 9.99. The molecule has 2 unspecified atom stereocenters. The van der Waals surface area contributed by atoms with Crippen molar-refractivity contribution in [3.05, 3.63) is 29.3 Å². The second-order valence-corrected chi connectivity index (χ2v) is 5.34. The molecule has 1 aliphatic heterocycles. The van der Waals surface area contributed by atoms with Gasteiger partial charge in [0.05, 0.1) is 6.61 Å². The van der Waals surface area contributed by atoms with E-state index in [0.717, 1.165) is 18.5 Å². The predicted octanol–water partition coefficient (Wildman–Crippen LogP) is 1.84. The molecule has 1 amide bonds. The van der Waals surface area contributed by atoms with Gasteiger partial charge in [0.2, 0.25) is 5.91 Å². The molecule has 1 fully saturated rings. The molecule has 1 aromatic carbocycles. The molecule has 90 valence electrons. The van der Waals surface area contributed by atoms with Crippen LogP contribution in [0.15, 0.2) is 18.2 Å². The van der Waals surface area contributed by atoms with Gasteiger partial charge in [0.25, 0.3) is 0 Å². The highest BCUT2D eigenvalue weighted by atomic mass is 16.3. The van der Waals surface area contributed by atoms with Crippen LogP contribution >= 0.6 is 0 Å². The smallest absolute Gasteiger partial charge is 0.224 e. The first kappa shape index (κ1) is 10.8. The van der Waals surface area contributed by atoms with Crippen LogP contribution in [0.1, 0.15) is 30.9 Å². The van der Waals surface area contributed by atoms with Crippen LogP contribution in [-0.2, 0) is 16.6 Å². The Kier molecular flexibility index (Phi) is 2.26. The summed E-state index contributed by atoms with van der Waals surface area (Å²) in [6, 6.07) is 6.18. The minimum absolute atomic E-state index is 0.0174. The van der Waals surface area contributed by atoms with Crippen LogP contribution in [0.2, 0.25) is 0 Å². The van der Waals surface area contributed by atoms with Crippen LogP contribution in [0.25, 0.3) is 0 Å². The van der Waals surface area contributed by atoms with Gasteiger partial charge in [-0.05, 0) is 36.0 Å². The lowest BCUT2D eigenvalue weighted by atomic mass is 9.90. The Morgan fingerprint density at radius 1 is 1.47 bits per heavy atom. The summed E-state index contributed by atoms with van der Waals surface area (Å²) in [4.78, 5) is 11.3. The number of fused-ring (bicyclic) bond motifs is 1. The van der Waals surface area contributed by atoms with Crippen molar-refractivity contribution in [1.82, 2.24) is 0 Å². The van der Waals surface area contributed by atoms with Gasteiger partial charge in [-0.2, -0.15) is 0 Å². The molecule has 17 heavy (non-hydrogen) atoms. The van der Waals surface area contributed by atoms with Crippen molar-refractivity contribution in [2.45, 2.75) is 31.6 Å². The Balaban J connectivity index is 1.97. The standard InChI is InChI=1S/C14H17NO2/c1-9-7-14(9,8-16)11-3-4-12-10(6-11)2-5-13(17)15-12/h3-4,6,9,16H,2,5,7-8H2,1H3,(H,15,17). The summed E-state index contributed by atoms with van der Waals surface area (Å²) in [5.74, 6) is 0.658. The Morgan fingerprint density at radius 3 is 2.88 bits per heavy atom. The number of carbonyl (C=O) groups excluding carboxylic acids is 1. The van der Waals surface area contributed by atoms with Crippen LogP contribution in [0.3, 0.4) is 0 Å². The number of benzene rings is 1. The lowest BCUT2D eigenvalue weighted by molar-refractivity contribution is -0.116. The summed E-state index contributed by atoms with van der Waals surface area (Å²) < 4.78 is 0. The second kappa shape index (κ2) is 3.57. The minimum Gasteiger partial charge on any atom is -0.395 e. The zero-order chi connectivity index (χ0) is 12.0. The molecule has 3 heteroatoms. The summed E-state index contributed by atoms with van der Waals surface area (Å²) in [6.45, 7) is 2.40. The molecule has 0 radical (unpaired) electrons. The van der Waals surface area contributed by atoms with Crippen molar-refractivity contribution in [1.29, 1.82) is 0 Å². The molecule has 2 aliphatic rings. The number of aliphatic hydroxyl groups is 1. The maximum Gasteiger partial charge on any atom is 0.224 e. The Bertz CT molecular complexity index is 479. The van der Waals surface area contributed by atoms with Crippen molar-refractivity contribution in [2.75, 3.05) is 11.9 Å². The lowest BCUT2D eigenvalue weighted by Gasteiger charge is -2.21. The third-order valence-electron chi connectivity index (χ3n) is 4.31. The number of anilines is 1. The van der Waals surface area contributed by atoms with Gasteiger partial charge in [0.15, 0.2) is 0 Å². The van der Waals surface area contributed by atoms with Gasteiger partial charge in [-0.1, -0.05) is 19.1 Å². The fraction of sp³-hybridized carbons (Fsp3) is 0.500. The topological polar surface area (TPSA) is 49.3 Å². The number of aryl methyl sites for hydroxylation is 1. The predicted molar refractivity (Wildman–Crippen MR) is 65.9 cm³/mol. The number of amides is 1. The van der Waals surface area contributed by atoms with Crippen LogP contribution in [-0.4, -0.2) is 17.6 Å². The molecule has 0 bridgehead atoms. The highest BCUT2D eigenvalue weighted by molar-refractivity contribution is 5.93. The van der Waals surface area contributed by atoms with Gasteiger partial charge < -0.3 is 10.4 Å². The molecule has 3 rings (SSSR count). The Labute approximate surface area is 101 Å². The van der Waals surface area contributed by atoms with Gasteiger partial charge >= 0.3 is 0 Å². The highest BCUT2D eigenvalue weighted by Crippen LogP contribution is 2.54. The van der Waals surface area contributed by atoms with Crippen molar-refractivity contribution in [3.8, 4) is 0 Å². The number of aliphatic hydroxyl groups excluding tert-OH is 1. The third kappa shape index (κ3) is 1.57. The summed E-state index contributed by atoms with van der Waals surface area (Å²) in [5.41, 5.74) is 3.35.